The van der Waals surface area contributed by atoms with Crippen LogP contribution in [0.2, 0.25) is 0 Å². The first-order valence-electron chi connectivity index (χ1n) is 6.18. The van der Waals surface area contributed by atoms with Crippen LogP contribution in [0, 0.1) is 0 Å². The van der Waals surface area contributed by atoms with Gasteiger partial charge < -0.3 is 10.8 Å². The van der Waals surface area contributed by atoms with Gasteiger partial charge in [0.2, 0.25) is 0 Å². The van der Waals surface area contributed by atoms with E-state index in [1.54, 1.807) is 0 Å². The number of aliphatic hydroxyl groups is 1. The minimum atomic E-state index is -0.379. The van der Waals surface area contributed by atoms with Gasteiger partial charge in [-0.05, 0) is 36.3 Å². The third-order valence-electron chi connectivity index (χ3n) is 3.18. The van der Waals surface area contributed by atoms with Crippen molar-refractivity contribution in [3.63, 3.8) is 0 Å². The van der Waals surface area contributed by atoms with Crippen molar-refractivity contribution >= 4 is 0 Å². The van der Waals surface area contributed by atoms with Gasteiger partial charge in [0, 0.05) is 6.54 Å². The third kappa shape index (κ3) is 3.62. The zero-order valence-corrected chi connectivity index (χ0v) is 10.3. The Morgan fingerprint density at radius 3 is 2.25 bits per heavy atom. The summed E-state index contributed by atoms with van der Waals surface area (Å²) in [5.41, 5.74) is 8.12. The molecule has 1 aromatic rings. The molecule has 0 radical (unpaired) electrons. The second-order valence-electron chi connectivity index (χ2n) is 4.33. The lowest BCUT2D eigenvalue weighted by molar-refractivity contribution is 0.162. The molecular formula is C14H23NO. The highest BCUT2D eigenvalue weighted by Crippen LogP contribution is 2.24. The summed E-state index contributed by atoms with van der Waals surface area (Å²) in [6.45, 7) is 4.66. The second kappa shape index (κ2) is 6.66. The molecule has 2 nitrogen and oxygen atoms in total. The maximum atomic E-state index is 9.60. The van der Waals surface area contributed by atoms with Crippen LogP contribution in [-0.2, 0) is 6.42 Å². The predicted molar refractivity (Wildman–Crippen MR) is 68.5 cm³/mol. The fraction of sp³-hybridized carbons (Fsp3) is 0.571. The zero-order valence-electron chi connectivity index (χ0n) is 10.3. The van der Waals surface area contributed by atoms with Crippen LogP contribution >= 0.6 is 0 Å². The summed E-state index contributed by atoms with van der Waals surface area (Å²) in [6.07, 6.45) is 2.50. The molecule has 0 aliphatic heterocycles. The van der Waals surface area contributed by atoms with Crippen molar-refractivity contribution < 1.29 is 5.11 Å². The molecule has 0 amide bonds. The Hall–Kier alpha value is -0.860. The van der Waals surface area contributed by atoms with Crippen LogP contribution in [-0.4, -0.2) is 17.8 Å². The Bertz CT molecular complexity index is 294. The molecule has 0 aliphatic rings. The summed E-state index contributed by atoms with van der Waals surface area (Å²) < 4.78 is 0. The molecule has 2 atom stereocenters. The lowest BCUT2D eigenvalue weighted by Crippen LogP contribution is -2.22. The fourth-order valence-corrected chi connectivity index (χ4v) is 1.99. The Labute approximate surface area is 98.5 Å². The molecule has 2 heteroatoms. The Morgan fingerprint density at radius 2 is 1.81 bits per heavy atom. The second-order valence-corrected chi connectivity index (χ2v) is 4.33. The Balaban J connectivity index is 2.70. The monoisotopic (exact) mass is 221 g/mol. The van der Waals surface area contributed by atoms with Gasteiger partial charge in [-0.2, -0.15) is 0 Å². The largest absolute Gasteiger partial charge is 0.392 e. The van der Waals surface area contributed by atoms with Gasteiger partial charge in [-0.3, -0.25) is 0 Å². The Kier molecular flexibility index (Phi) is 5.50. The molecule has 0 fully saturated rings. The number of hydrogen-bond donors (Lipinski definition) is 2. The lowest BCUT2D eigenvalue weighted by Gasteiger charge is -2.18. The molecule has 1 aromatic carbocycles. The van der Waals surface area contributed by atoms with Crippen LogP contribution in [0.1, 0.15) is 43.7 Å². The standard InChI is InChI=1S/C14H23NO/c1-3-11-5-7-13(8-6-11)12(4-2)9-14(16)10-15/h5-8,12,14,16H,3-4,9-10,15H2,1-2H3. The molecule has 1 rings (SSSR count). The van der Waals surface area contributed by atoms with Gasteiger partial charge in [-0.25, -0.2) is 0 Å². The van der Waals surface area contributed by atoms with E-state index < -0.39 is 0 Å². The van der Waals surface area contributed by atoms with Crippen LogP contribution in [0.25, 0.3) is 0 Å². The van der Waals surface area contributed by atoms with E-state index in [0.717, 1.165) is 19.3 Å². The van der Waals surface area contributed by atoms with Crippen molar-refractivity contribution in [2.75, 3.05) is 6.54 Å². The van der Waals surface area contributed by atoms with E-state index in [1.807, 2.05) is 0 Å². The topological polar surface area (TPSA) is 46.2 Å². The molecule has 2 unspecified atom stereocenters. The molecule has 0 saturated carbocycles. The molecule has 0 bridgehead atoms. The molecule has 0 heterocycles. The van der Waals surface area contributed by atoms with E-state index in [4.69, 9.17) is 5.73 Å². The van der Waals surface area contributed by atoms with Crippen molar-refractivity contribution in [2.24, 2.45) is 5.73 Å². The molecule has 3 N–H and O–H groups in total. The quantitative estimate of drug-likeness (QED) is 0.775. The summed E-state index contributed by atoms with van der Waals surface area (Å²) in [5.74, 6) is 0.421. The highest BCUT2D eigenvalue weighted by Gasteiger charge is 2.13. The third-order valence-corrected chi connectivity index (χ3v) is 3.18. The van der Waals surface area contributed by atoms with Gasteiger partial charge in [0.15, 0.2) is 0 Å². The van der Waals surface area contributed by atoms with Crippen molar-refractivity contribution in [2.45, 2.75) is 45.1 Å². The van der Waals surface area contributed by atoms with Gasteiger partial charge in [-0.15, -0.1) is 0 Å². The smallest absolute Gasteiger partial charge is 0.0668 e. The molecular weight excluding hydrogens is 198 g/mol. The maximum Gasteiger partial charge on any atom is 0.0668 e. The molecule has 0 saturated heterocycles. The molecule has 0 aromatic heterocycles. The lowest BCUT2D eigenvalue weighted by atomic mass is 9.90. The van der Waals surface area contributed by atoms with Gasteiger partial charge in [0.05, 0.1) is 6.10 Å². The van der Waals surface area contributed by atoms with Crippen LogP contribution in [0.15, 0.2) is 24.3 Å². The highest BCUT2D eigenvalue weighted by atomic mass is 16.3. The van der Waals surface area contributed by atoms with Crippen LogP contribution < -0.4 is 5.73 Å². The number of benzene rings is 1. The summed E-state index contributed by atoms with van der Waals surface area (Å²) in [7, 11) is 0. The summed E-state index contributed by atoms with van der Waals surface area (Å²) >= 11 is 0. The zero-order chi connectivity index (χ0) is 12.0. The van der Waals surface area contributed by atoms with E-state index in [2.05, 4.69) is 38.1 Å². The average Bonchev–Trinajstić information content (AvgIpc) is 2.35. The number of aliphatic hydroxyl groups excluding tert-OH is 1. The summed E-state index contributed by atoms with van der Waals surface area (Å²) in [6, 6.07) is 8.70. The van der Waals surface area contributed by atoms with Crippen LogP contribution in [0.4, 0.5) is 0 Å². The van der Waals surface area contributed by atoms with E-state index in [0.29, 0.717) is 12.5 Å². The molecule has 0 spiro atoms. The van der Waals surface area contributed by atoms with E-state index in [-0.39, 0.29) is 6.10 Å². The van der Waals surface area contributed by atoms with Gasteiger partial charge in [0.25, 0.3) is 0 Å². The van der Waals surface area contributed by atoms with Gasteiger partial charge in [-0.1, -0.05) is 38.1 Å². The summed E-state index contributed by atoms with van der Waals surface area (Å²) in [5, 5.41) is 9.60. The molecule has 16 heavy (non-hydrogen) atoms. The fourth-order valence-electron chi connectivity index (χ4n) is 1.99. The van der Waals surface area contributed by atoms with Crippen molar-refractivity contribution in [3.8, 4) is 0 Å². The minimum absolute atomic E-state index is 0.351. The first-order chi connectivity index (χ1) is 7.71. The van der Waals surface area contributed by atoms with Crippen LogP contribution in [0.5, 0.6) is 0 Å². The van der Waals surface area contributed by atoms with Crippen LogP contribution in [0.3, 0.4) is 0 Å². The van der Waals surface area contributed by atoms with Crippen molar-refractivity contribution in [1.82, 2.24) is 0 Å². The Morgan fingerprint density at radius 1 is 1.19 bits per heavy atom. The maximum absolute atomic E-state index is 9.60. The SMILES string of the molecule is CCc1ccc(C(CC)CC(O)CN)cc1. The van der Waals surface area contributed by atoms with Crippen molar-refractivity contribution in [1.29, 1.82) is 0 Å². The van der Waals surface area contributed by atoms with E-state index >= 15 is 0 Å². The van der Waals surface area contributed by atoms with Crippen molar-refractivity contribution in [3.05, 3.63) is 35.4 Å². The number of nitrogens with two attached hydrogens (primary N) is 1. The normalized spacial score (nSPS) is 14.8. The van der Waals surface area contributed by atoms with Gasteiger partial charge in [0.1, 0.15) is 0 Å². The number of aryl methyl sites for hydroxylation is 1. The minimum Gasteiger partial charge on any atom is -0.392 e. The van der Waals surface area contributed by atoms with Gasteiger partial charge >= 0.3 is 0 Å². The van der Waals surface area contributed by atoms with E-state index in [9.17, 15) is 5.11 Å². The molecule has 0 aliphatic carbocycles. The first kappa shape index (κ1) is 13.2. The average molecular weight is 221 g/mol. The highest BCUT2D eigenvalue weighted by molar-refractivity contribution is 5.25. The number of rotatable bonds is 6. The first-order valence-corrected chi connectivity index (χ1v) is 6.18. The molecule has 90 valence electrons. The summed E-state index contributed by atoms with van der Waals surface area (Å²) in [4.78, 5) is 0. The van der Waals surface area contributed by atoms with E-state index in [1.165, 1.54) is 11.1 Å². The predicted octanol–water partition coefficient (Wildman–Crippen LogP) is 2.45. The number of hydrogen-bond acceptors (Lipinski definition) is 2.